The number of amides is 1. The van der Waals surface area contributed by atoms with Gasteiger partial charge in [0.05, 0.1) is 30.9 Å². The Morgan fingerprint density at radius 2 is 1.87 bits per heavy atom. The number of hydrogen-bond donors (Lipinski definition) is 2. The molecule has 0 spiro atoms. The molecule has 0 saturated heterocycles. The van der Waals surface area contributed by atoms with Crippen LogP contribution < -0.4 is 10.1 Å². The second-order valence-corrected chi connectivity index (χ2v) is 10.1. The predicted molar refractivity (Wildman–Crippen MR) is 143 cm³/mol. The molecule has 2 N–H and O–H groups in total. The summed E-state index contributed by atoms with van der Waals surface area (Å²) < 4.78 is 7.04. The lowest BCUT2D eigenvalue weighted by Gasteiger charge is -2.28. The summed E-state index contributed by atoms with van der Waals surface area (Å²) in [6, 6.07) is 11.0. The summed E-state index contributed by atoms with van der Waals surface area (Å²) in [4.78, 5) is 33.4. The Morgan fingerprint density at radius 3 is 2.58 bits per heavy atom. The Balaban J connectivity index is 1.33. The molecule has 2 aromatic heterocycles. The first-order valence-electron chi connectivity index (χ1n) is 12.5. The van der Waals surface area contributed by atoms with Crippen LogP contribution in [-0.2, 0) is 11.3 Å². The number of carbonyl (C=O) groups is 2. The van der Waals surface area contributed by atoms with Crippen LogP contribution in [0.3, 0.4) is 0 Å². The lowest BCUT2D eigenvalue weighted by atomic mass is 9.84. The average Bonchev–Trinajstić information content (AvgIpc) is 3.31. The Morgan fingerprint density at radius 1 is 1.11 bits per heavy atom. The number of nitrogens with one attached hydrogen (secondary N) is 1. The molecule has 0 radical (unpaired) electrons. The van der Waals surface area contributed by atoms with Gasteiger partial charge in [-0.15, -0.1) is 0 Å². The van der Waals surface area contributed by atoms with Gasteiger partial charge in [-0.05, 0) is 55.9 Å². The smallest absolute Gasteiger partial charge is 0.303 e. The van der Waals surface area contributed by atoms with E-state index in [-0.39, 0.29) is 24.3 Å². The van der Waals surface area contributed by atoms with Crippen molar-refractivity contribution in [2.24, 2.45) is 5.92 Å². The Kier molecular flexibility index (Phi) is 7.55. The van der Waals surface area contributed by atoms with Crippen molar-refractivity contribution >= 4 is 34.4 Å². The van der Waals surface area contributed by atoms with Crippen LogP contribution in [-0.4, -0.2) is 49.9 Å². The van der Waals surface area contributed by atoms with Crippen molar-refractivity contribution in [3.8, 4) is 17.1 Å². The molecule has 1 amide bonds. The van der Waals surface area contributed by atoms with Gasteiger partial charge < -0.3 is 15.2 Å². The number of carboxylic acids is 1. The van der Waals surface area contributed by atoms with Gasteiger partial charge in [0.1, 0.15) is 5.75 Å². The van der Waals surface area contributed by atoms with Gasteiger partial charge in [0.15, 0.2) is 5.82 Å². The topological polar surface area (TPSA) is 119 Å². The zero-order valence-electron chi connectivity index (χ0n) is 20.9. The fraction of sp³-hybridized carbons (Fsp3) is 0.321. The summed E-state index contributed by atoms with van der Waals surface area (Å²) in [5, 5.41) is 17.9. The molecular weight excluding hydrogens is 506 g/mol. The second kappa shape index (κ2) is 11.2. The molecule has 0 bridgehead atoms. The van der Waals surface area contributed by atoms with E-state index in [1.807, 2.05) is 24.3 Å². The maximum Gasteiger partial charge on any atom is 0.303 e. The zero-order valence-corrected chi connectivity index (χ0v) is 21.7. The van der Waals surface area contributed by atoms with Crippen molar-refractivity contribution in [1.29, 1.82) is 0 Å². The standard InChI is InChI=1S/C28H28ClN5O4/c1-38-23-4-2-3-19(11-23)27-30-13-18(14-31-27)16-34-26-20(15-32-34)10-21(29)12-24(26)28(37)33-22-7-5-17(6-8-22)9-25(35)36/h2-4,10-15,17,22H,5-9,16H2,1H3,(H,33,37)(H,35,36). The van der Waals surface area contributed by atoms with Gasteiger partial charge in [-0.3, -0.25) is 14.3 Å². The largest absolute Gasteiger partial charge is 0.497 e. The van der Waals surface area contributed by atoms with Gasteiger partial charge in [0, 0.05) is 46.4 Å². The van der Waals surface area contributed by atoms with E-state index in [9.17, 15) is 9.59 Å². The minimum Gasteiger partial charge on any atom is -0.497 e. The number of rotatable bonds is 8. The third-order valence-corrected chi connectivity index (χ3v) is 7.17. The number of fused-ring (bicyclic) bond motifs is 1. The number of aliphatic carboxylic acids is 1. The number of benzene rings is 2. The van der Waals surface area contributed by atoms with Gasteiger partial charge in [-0.1, -0.05) is 23.7 Å². The number of carbonyl (C=O) groups excluding carboxylic acids is 1. The van der Waals surface area contributed by atoms with Gasteiger partial charge in [-0.2, -0.15) is 5.10 Å². The first-order valence-corrected chi connectivity index (χ1v) is 12.9. The number of nitrogens with zero attached hydrogens (tertiary/aromatic N) is 4. The molecular formula is C28H28ClN5O4. The van der Waals surface area contributed by atoms with E-state index >= 15 is 0 Å². The highest BCUT2D eigenvalue weighted by Crippen LogP contribution is 2.29. The third kappa shape index (κ3) is 5.78. The van der Waals surface area contributed by atoms with Crippen LogP contribution in [0.15, 0.2) is 55.0 Å². The first-order chi connectivity index (χ1) is 18.4. The molecule has 10 heteroatoms. The maximum absolute atomic E-state index is 13.4. The summed E-state index contributed by atoms with van der Waals surface area (Å²) in [6.45, 7) is 0.379. The minimum atomic E-state index is -0.771. The number of ether oxygens (including phenoxy) is 1. The highest BCUT2D eigenvalue weighted by molar-refractivity contribution is 6.32. The van der Waals surface area contributed by atoms with Crippen molar-refractivity contribution in [3.05, 3.63) is 71.1 Å². The quantitative estimate of drug-likeness (QED) is 0.328. The van der Waals surface area contributed by atoms with Crippen LogP contribution in [0.4, 0.5) is 0 Å². The van der Waals surface area contributed by atoms with Crippen LogP contribution in [0.1, 0.15) is 48.0 Å². The number of hydrogen-bond acceptors (Lipinski definition) is 6. The molecule has 0 unspecified atom stereocenters. The highest BCUT2D eigenvalue weighted by Gasteiger charge is 2.25. The van der Waals surface area contributed by atoms with E-state index in [1.165, 1.54) is 0 Å². The van der Waals surface area contributed by atoms with Crippen LogP contribution in [0.5, 0.6) is 5.75 Å². The van der Waals surface area contributed by atoms with Crippen LogP contribution in [0.25, 0.3) is 22.3 Å². The van der Waals surface area contributed by atoms with Crippen LogP contribution >= 0.6 is 11.6 Å². The SMILES string of the molecule is COc1cccc(-c2ncc(Cn3ncc4cc(Cl)cc(C(=O)NC5CCC(CC(=O)O)CC5)c43)cn2)c1. The van der Waals surface area contributed by atoms with Gasteiger partial charge >= 0.3 is 5.97 Å². The normalized spacial score (nSPS) is 17.3. The van der Waals surface area contributed by atoms with Crippen molar-refractivity contribution in [2.75, 3.05) is 7.11 Å². The molecule has 1 aliphatic rings. The van der Waals surface area contributed by atoms with Crippen molar-refractivity contribution < 1.29 is 19.4 Å². The van der Waals surface area contributed by atoms with E-state index in [0.29, 0.717) is 28.5 Å². The van der Waals surface area contributed by atoms with Crippen LogP contribution in [0.2, 0.25) is 5.02 Å². The van der Waals surface area contributed by atoms with E-state index < -0.39 is 5.97 Å². The molecule has 9 nitrogen and oxygen atoms in total. The van der Waals surface area contributed by atoms with E-state index in [2.05, 4.69) is 20.4 Å². The lowest BCUT2D eigenvalue weighted by Crippen LogP contribution is -2.38. The fourth-order valence-electron chi connectivity index (χ4n) is 5.03. The molecule has 1 saturated carbocycles. The number of carboxylic acid groups (broad SMARTS) is 1. The third-order valence-electron chi connectivity index (χ3n) is 6.95. The molecule has 1 aliphatic carbocycles. The van der Waals surface area contributed by atoms with Gasteiger partial charge in [0.25, 0.3) is 5.91 Å². The predicted octanol–water partition coefficient (Wildman–Crippen LogP) is 4.97. The zero-order chi connectivity index (χ0) is 26.6. The Hall–Kier alpha value is -3.98. The molecule has 2 heterocycles. The summed E-state index contributed by atoms with van der Waals surface area (Å²) in [5.41, 5.74) is 2.82. The maximum atomic E-state index is 13.4. The molecule has 1 fully saturated rings. The van der Waals surface area contributed by atoms with Crippen molar-refractivity contribution in [1.82, 2.24) is 25.1 Å². The Labute approximate surface area is 224 Å². The van der Waals surface area contributed by atoms with Crippen molar-refractivity contribution in [2.45, 2.75) is 44.7 Å². The lowest BCUT2D eigenvalue weighted by molar-refractivity contribution is -0.138. The summed E-state index contributed by atoms with van der Waals surface area (Å²) in [6.07, 6.45) is 8.45. The molecule has 38 heavy (non-hydrogen) atoms. The molecule has 0 aliphatic heterocycles. The summed E-state index contributed by atoms with van der Waals surface area (Å²) in [7, 11) is 1.62. The van der Waals surface area contributed by atoms with Gasteiger partial charge in [-0.25, -0.2) is 9.97 Å². The van der Waals surface area contributed by atoms with Crippen LogP contribution in [0, 0.1) is 5.92 Å². The molecule has 4 aromatic rings. The van der Waals surface area contributed by atoms with Crippen molar-refractivity contribution in [3.63, 3.8) is 0 Å². The average molecular weight is 534 g/mol. The fourth-order valence-corrected chi connectivity index (χ4v) is 5.26. The summed E-state index contributed by atoms with van der Waals surface area (Å²) in [5.74, 6) is 0.495. The number of halogens is 1. The molecule has 5 rings (SSSR count). The second-order valence-electron chi connectivity index (χ2n) is 9.63. The minimum absolute atomic E-state index is 0.00416. The first kappa shape index (κ1) is 25.7. The van der Waals surface area contributed by atoms with E-state index in [4.69, 9.17) is 21.4 Å². The monoisotopic (exact) mass is 533 g/mol. The summed E-state index contributed by atoms with van der Waals surface area (Å²) >= 11 is 6.34. The van der Waals surface area contributed by atoms with Gasteiger partial charge in [0.2, 0.25) is 0 Å². The Bertz CT molecular complexity index is 1460. The number of methoxy groups -OCH3 is 1. The highest BCUT2D eigenvalue weighted by atomic mass is 35.5. The number of aromatic nitrogens is 4. The molecule has 0 atom stereocenters. The van der Waals surface area contributed by atoms with E-state index in [0.717, 1.165) is 47.9 Å². The molecule has 2 aromatic carbocycles. The molecule has 196 valence electrons. The van der Waals surface area contributed by atoms with E-state index in [1.54, 1.807) is 42.5 Å².